The summed E-state index contributed by atoms with van der Waals surface area (Å²) in [6.07, 6.45) is 0.687. The zero-order chi connectivity index (χ0) is 22.4. The van der Waals surface area contributed by atoms with Crippen LogP contribution in [0.2, 0.25) is 0 Å². The molecule has 1 heterocycles. The van der Waals surface area contributed by atoms with Gasteiger partial charge in [0.15, 0.2) is 0 Å². The van der Waals surface area contributed by atoms with Crippen LogP contribution in [0.3, 0.4) is 0 Å². The SMILES string of the molecule is CCn1nc(C)c(CCN=C(NC(=O)c2cccc(C)c2)Nc2cccc(F)c2)c1C. The van der Waals surface area contributed by atoms with Gasteiger partial charge < -0.3 is 5.32 Å². The van der Waals surface area contributed by atoms with Crippen LogP contribution < -0.4 is 10.6 Å². The summed E-state index contributed by atoms with van der Waals surface area (Å²) in [5.41, 5.74) is 5.29. The lowest BCUT2D eigenvalue weighted by Gasteiger charge is -2.12. The highest BCUT2D eigenvalue weighted by molar-refractivity contribution is 6.10. The van der Waals surface area contributed by atoms with E-state index >= 15 is 0 Å². The topological polar surface area (TPSA) is 71.3 Å². The van der Waals surface area contributed by atoms with Gasteiger partial charge in [-0.15, -0.1) is 0 Å². The molecule has 0 spiro atoms. The molecule has 0 fully saturated rings. The predicted molar refractivity (Wildman–Crippen MR) is 122 cm³/mol. The molecule has 1 aromatic heterocycles. The van der Waals surface area contributed by atoms with Gasteiger partial charge in [0.2, 0.25) is 5.96 Å². The van der Waals surface area contributed by atoms with Gasteiger partial charge in [0.25, 0.3) is 5.91 Å². The number of carbonyl (C=O) groups is 1. The summed E-state index contributed by atoms with van der Waals surface area (Å²) in [7, 11) is 0. The Balaban J connectivity index is 1.79. The van der Waals surface area contributed by atoms with Gasteiger partial charge in [-0.25, -0.2) is 4.39 Å². The molecule has 6 nitrogen and oxygen atoms in total. The third kappa shape index (κ3) is 5.78. The number of rotatable bonds is 6. The first-order valence-electron chi connectivity index (χ1n) is 10.3. The van der Waals surface area contributed by atoms with Crippen molar-refractivity contribution >= 4 is 17.6 Å². The van der Waals surface area contributed by atoms with Crippen LogP contribution in [0.4, 0.5) is 10.1 Å². The van der Waals surface area contributed by atoms with Gasteiger partial charge in [-0.2, -0.15) is 5.10 Å². The van der Waals surface area contributed by atoms with E-state index in [1.165, 1.54) is 12.1 Å². The summed E-state index contributed by atoms with van der Waals surface area (Å²) in [6, 6.07) is 13.4. The van der Waals surface area contributed by atoms with Crippen LogP contribution in [0.25, 0.3) is 0 Å². The normalized spacial score (nSPS) is 11.5. The molecule has 7 heteroatoms. The molecule has 3 aromatic rings. The Morgan fingerprint density at radius 3 is 2.58 bits per heavy atom. The fourth-order valence-corrected chi connectivity index (χ4v) is 3.46. The number of nitrogens with one attached hydrogen (secondary N) is 2. The Morgan fingerprint density at radius 2 is 1.90 bits per heavy atom. The number of benzene rings is 2. The van der Waals surface area contributed by atoms with Crippen molar-refractivity contribution in [3.8, 4) is 0 Å². The van der Waals surface area contributed by atoms with Crippen molar-refractivity contribution in [1.82, 2.24) is 15.1 Å². The van der Waals surface area contributed by atoms with Crippen LogP contribution in [0.1, 0.15) is 39.8 Å². The van der Waals surface area contributed by atoms with Crippen molar-refractivity contribution in [2.75, 3.05) is 11.9 Å². The zero-order valence-corrected chi connectivity index (χ0v) is 18.4. The van der Waals surface area contributed by atoms with E-state index in [-0.39, 0.29) is 17.7 Å². The average Bonchev–Trinajstić information content (AvgIpc) is 3.01. The van der Waals surface area contributed by atoms with E-state index in [9.17, 15) is 9.18 Å². The second-order valence-electron chi connectivity index (χ2n) is 7.40. The van der Waals surface area contributed by atoms with E-state index in [0.717, 1.165) is 29.1 Å². The first-order valence-corrected chi connectivity index (χ1v) is 10.3. The molecule has 1 amide bonds. The molecule has 162 valence electrons. The molecule has 0 radical (unpaired) electrons. The largest absolute Gasteiger partial charge is 0.326 e. The molecule has 0 unspecified atom stereocenters. The molecule has 31 heavy (non-hydrogen) atoms. The molecule has 2 N–H and O–H groups in total. The van der Waals surface area contributed by atoms with Crippen molar-refractivity contribution in [1.29, 1.82) is 0 Å². The smallest absolute Gasteiger partial charge is 0.257 e. The molecular formula is C24H28FN5O. The molecular weight excluding hydrogens is 393 g/mol. The molecule has 0 aliphatic heterocycles. The number of aromatic nitrogens is 2. The van der Waals surface area contributed by atoms with E-state index < -0.39 is 0 Å². The maximum Gasteiger partial charge on any atom is 0.257 e. The number of aliphatic imine (C=N–C) groups is 1. The number of anilines is 1. The van der Waals surface area contributed by atoms with Gasteiger partial charge in [0, 0.05) is 30.0 Å². The maximum absolute atomic E-state index is 13.6. The summed E-state index contributed by atoms with van der Waals surface area (Å²) in [5.74, 6) is -0.375. The second-order valence-corrected chi connectivity index (χ2v) is 7.40. The molecule has 0 aliphatic rings. The quantitative estimate of drug-likeness (QED) is 0.458. The monoisotopic (exact) mass is 421 g/mol. The number of nitrogens with zero attached hydrogens (tertiary/aromatic N) is 3. The van der Waals surface area contributed by atoms with Crippen molar-refractivity contribution in [3.63, 3.8) is 0 Å². The number of hydrogen-bond acceptors (Lipinski definition) is 3. The first-order chi connectivity index (χ1) is 14.9. The highest BCUT2D eigenvalue weighted by atomic mass is 19.1. The number of aryl methyl sites for hydroxylation is 3. The van der Waals surface area contributed by atoms with E-state index in [1.807, 2.05) is 37.6 Å². The van der Waals surface area contributed by atoms with Crippen LogP contribution in [-0.4, -0.2) is 28.2 Å². The number of amides is 1. The van der Waals surface area contributed by atoms with E-state index in [4.69, 9.17) is 0 Å². The summed E-state index contributed by atoms with van der Waals surface area (Å²) < 4.78 is 15.6. The lowest BCUT2D eigenvalue weighted by atomic mass is 10.1. The lowest BCUT2D eigenvalue weighted by Crippen LogP contribution is -2.36. The minimum atomic E-state index is -0.368. The number of halogens is 1. The highest BCUT2D eigenvalue weighted by Crippen LogP contribution is 2.14. The fourth-order valence-electron chi connectivity index (χ4n) is 3.46. The van der Waals surface area contributed by atoms with Gasteiger partial charge in [-0.3, -0.25) is 19.8 Å². The van der Waals surface area contributed by atoms with Crippen LogP contribution in [0.5, 0.6) is 0 Å². The van der Waals surface area contributed by atoms with Gasteiger partial charge in [0.05, 0.1) is 5.69 Å². The van der Waals surface area contributed by atoms with E-state index in [0.29, 0.717) is 24.2 Å². The van der Waals surface area contributed by atoms with Crippen LogP contribution in [0, 0.1) is 26.6 Å². The second kappa shape index (κ2) is 10.0. The Hall–Kier alpha value is -3.48. The average molecular weight is 422 g/mol. The molecule has 0 saturated carbocycles. The maximum atomic E-state index is 13.6. The number of hydrogen-bond donors (Lipinski definition) is 2. The zero-order valence-electron chi connectivity index (χ0n) is 18.4. The first kappa shape index (κ1) is 22.2. The summed E-state index contributed by atoms with van der Waals surface area (Å²) in [6.45, 7) is 9.29. The molecule has 3 rings (SSSR count). The van der Waals surface area contributed by atoms with Gasteiger partial charge in [-0.1, -0.05) is 23.8 Å². The third-order valence-corrected chi connectivity index (χ3v) is 5.06. The molecule has 0 atom stereocenters. The predicted octanol–water partition coefficient (Wildman–Crippen LogP) is 4.41. The number of carbonyl (C=O) groups excluding carboxylic acids is 1. The van der Waals surface area contributed by atoms with Gasteiger partial charge in [-0.05, 0) is 70.0 Å². The Bertz CT molecular complexity index is 1100. The lowest BCUT2D eigenvalue weighted by molar-refractivity contribution is 0.0977. The van der Waals surface area contributed by atoms with Crippen molar-refractivity contribution in [2.45, 2.75) is 40.7 Å². The van der Waals surface area contributed by atoms with Gasteiger partial charge >= 0.3 is 0 Å². The molecule has 0 saturated heterocycles. The molecule has 0 bridgehead atoms. The Kier molecular flexibility index (Phi) is 7.18. The van der Waals surface area contributed by atoms with Crippen molar-refractivity contribution in [2.24, 2.45) is 4.99 Å². The molecule has 0 aliphatic carbocycles. The third-order valence-electron chi connectivity index (χ3n) is 5.06. The Morgan fingerprint density at radius 1 is 1.13 bits per heavy atom. The minimum absolute atomic E-state index is 0.273. The summed E-state index contributed by atoms with van der Waals surface area (Å²) >= 11 is 0. The number of guanidine groups is 1. The fraction of sp³-hybridized carbons (Fsp3) is 0.292. The highest BCUT2D eigenvalue weighted by Gasteiger charge is 2.12. The minimum Gasteiger partial charge on any atom is -0.326 e. The van der Waals surface area contributed by atoms with E-state index in [2.05, 4.69) is 27.6 Å². The van der Waals surface area contributed by atoms with E-state index in [1.54, 1.807) is 24.3 Å². The van der Waals surface area contributed by atoms with Crippen molar-refractivity contribution in [3.05, 3.63) is 82.4 Å². The summed E-state index contributed by atoms with van der Waals surface area (Å²) in [5, 5.41) is 10.4. The van der Waals surface area contributed by atoms with Crippen molar-refractivity contribution < 1.29 is 9.18 Å². The van der Waals surface area contributed by atoms with Crippen LogP contribution in [0.15, 0.2) is 53.5 Å². The van der Waals surface area contributed by atoms with Gasteiger partial charge in [0.1, 0.15) is 5.82 Å². The van der Waals surface area contributed by atoms with Crippen LogP contribution >= 0.6 is 0 Å². The standard InChI is InChI=1S/C24H28FN5O/c1-5-30-18(4)22(17(3)29-30)12-13-26-24(27-21-11-7-10-20(25)15-21)28-23(31)19-9-6-8-16(2)14-19/h6-11,14-15H,5,12-13H2,1-4H3,(H2,26,27,28,31). The molecule has 2 aromatic carbocycles. The Labute approximate surface area is 182 Å². The van der Waals surface area contributed by atoms with Crippen LogP contribution in [-0.2, 0) is 13.0 Å². The summed E-state index contributed by atoms with van der Waals surface area (Å²) in [4.78, 5) is 17.3.